The third-order valence-electron chi connectivity index (χ3n) is 3.36. The summed E-state index contributed by atoms with van der Waals surface area (Å²) in [5.74, 6) is -1.65. The van der Waals surface area contributed by atoms with Crippen LogP contribution < -0.4 is 11.1 Å². The maximum Gasteiger partial charge on any atom is 0.350 e. The number of nitrogens with zero attached hydrogens (tertiary/aromatic N) is 2. The highest BCUT2D eigenvalue weighted by molar-refractivity contribution is 7.92. The monoisotopic (exact) mass is 440 g/mol. The molecule has 0 aliphatic rings. The van der Waals surface area contributed by atoms with Crippen LogP contribution in [0.1, 0.15) is 30.5 Å². The lowest BCUT2D eigenvalue weighted by molar-refractivity contribution is 0.0598. The molecule has 13 heteroatoms. The number of carbonyl (C=O) groups is 2. The zero-order chi connectivity index (χ0) is 21.2. The molecule has 0 unspecified atom stereocenters. The highest BCUT2D eigenvalue weighted by atomic mass is 32.2. The first kappa shape index (κ1) is 21.2. The summed E-state index contributed by atoms with van der Waals surface area (Å²) in [6.07, 6.45) is 0.893. The Kier molecular flexibility index (Phi) is 5.94. The first-order chi connectivity index (χ1) is 13.1. The van der Waals surface area contributed by atoms with Gasteiger partial charge in [0, 0.05) is 6.26 Å². The predicted octanol–water partition coefficient (Wildman–Crippen LogP) is 1.86. The maximum absolute atomic E-state index is 12.1. The van der Waals surface area contributed by atoms with E-state index in [-0.39, 0.29) is 41.5 Å². The normalized spacial score (nSPS) is 10.6. The van der Waals surface area contributed by atoms with Gasteiger partial charge in [-0.1, -0.05) is 0 Å². The van der Waals surface area contributed by atoms with E-state index in [1.165, 1.54) is 0 Å². The lowest BCUT2D eigenvalue weighted by atomic mass is 10.2. The highest BCUT2D eigenvalue weighted by Gasteiger charge is 2.30. The summed E-state index contributed by atoms with van der Waals surface area (Å²) in [5.41, 5.74) is 5.08. The molecule has 0 saturated carbocycles. The molecule has 0 bridgehead atoms. The Morgan fingerprint density at radius 3 is 2.04 bits per heavy atom. The SMILES string of the molecule is COC(=O)c1sc(Nc2c(C(=O)OC)sc(S(C)(=O)=O)c2C#N)c(C#N)c1N. The molecule has 146 valence electrons. The number of hydrogen-bond donors (Lipinski definition) is 2. The molecule has 0 spiro atoms. The van der Waals surface area contributed by atoms with Crippen molar-refractivity contribution in [1.82, 2.24) is 0 Å². The van der Waals surface area contributed by atoms with Crippen molar-refractivity contribution < 1.29 is 27.5 Å². The molecular formula is C15H12N4O6S3. The van der Waals surface area contributed by atoms with Gasteiger partial charge >= 0.3 is 11.9 Å². The number of nitrogen functional groups attached to an aromatic ring is 1. The van der Waals surface area contributed by atoms with Gasteiger partial charge in [-0.25, -0.2) is 18.0 Å². The average Bonchev–Trinajstić information content (AvgIpc) is 3.18. The fourth-order valence-corrected chi connectivity index (χ4v) is 5.35. The smallest absolute Gasteiger partial charge is 0.350 e. The molecule has 0 fully saturated rings. The van der Waals surface area contributed by atoms with Crippen LogP contribution in [-0.2, 0) is 19.3 Å². The number of sulfone groups is 1. The Morgan fingerprint density at radius 1 is 1.04 bits per heavy atom. The number of nitrogens with one attached hydrogen (secondary N) is 1. The maximum atomic E-state index is 12.1. The molecule has 2 heterocycles. The Balaban J connectivity index is 2.75. The van der Waals surface area contributed by atoms with Gasteiger partial charge in [-0.05, 0) is 0 Å². The van der Waals surface area contributed by atoms with Crippen LogP contribution in [0.5, 0.6) is 0 Å². The zero-order valence-corrected chi connectivity index (χ0v) is 17.1. The molecule has 0 aromatic carbocycles. The number of ether oxygens (including phenoxy) is 2. The molecular weight excluding hydrogens is 428 g/mol. The summed E-state index contributed by atoms with van der Waals surface area (Å²) in [6, 6.07) is 3.56. The van der Waals surface area contributed by atoms with Gasteiger partial charge in [0.25, 0.3) is 0 Å². The topological polar surface area (TPSA) is 172 Å². The second-order valence-corrected chi connectivity index (χ2v) is 9.37. The van der Waals surface area contributed by atoms with Gasteiger partial charge in [-0.3, -0.25) is 0 Å². The quantitative estimate of drug-likeness (QED) is 0.653. The van der Waals surface area contributed by atoms with E-state index in [2.05, 4.69) is 14.8 Å². The fourth-order valence-electron chi connectivity index (χ4n) is 2.13. The molecule has 3 N–H and O–H groups in total. The van der Waals surface area contributed by atoms with E-state index >= 15 is 0 Å². The molecule has 0 saturated heterocycles. The summed E-state index contributed by atoms with van der Waals surface area (Å²) < 4.78 is 32.9. The van der Waals surface area contributed by atoms with Gasteiger partial charge in [0.15, 0.2) is 9.84 Å². The van der Waals surface area contributed by atoms with Gasteiger partial charge in [0.2, 0.25) is 0 Å². The van der Waals surface area contributed by atoms with Crippen LogP contribution in [0.4, 0.5) is 16.4 Å². The van der Waals surface area contributed by atoms with E-state index in [0.717, 1.165) is 31.8 Å². The third-order valence-corrected chi connectivity index (χ3v) is 7.46. The summed E-state index contributed by atoms with van der Waals surface area (Å²) in [6.45, 7) is 0. The van der Waals surface area contributed by atoms with Crippen LogP contribution in [-0.4, -0.2) is 40.8 Å². The van der Waals surface area contributed by atoms with Crippen molar-refractivity contribution in [3.63, 3.8) is 0 Å². The minimum absolute atomic E-state index is 0.0416. The second-order valence-electron chi connectivity index (χ2n) is 5.12. The lowest BCUT2D eigenvalue weighted by Gasteiger charge is -2.06. The zero-order valence-electron chi connectivity index (χ0n) is 14.6. The van der Waals surface area contributed by atoms with Crippen molar-refractivity contribution in [3.8, 4) is 12.1 Å². The van der Waals surface area contributed by atoms with E-state index in [9.17, 15) is 28.5 Å². The van der Waals surface area contributed by atoms with E-state index in [1.54, 1.807) is 6.07 Å². The number of methoxy groups -OCH3 is 2. The van der Waals surface area contributed by atoms with Gasteiger partial charge in [0.1, 0.15) is 42.2 Å². The van der Waals surface area contributed by atoms with Crippen molar-refractivity contribution >= 4 is 60.8 Å². The van der Waals surface area contributed by atoms with E-state index in [0.29, 0.717) is 11.3 Å². The minimum Gasteiger partial charge on any atom is -0.465 e. The molecule has 0 radical (unpaired) electrons. The van der Waals surface area contributed by atoms with Crippen molar-refractivity contribution in [1.29, 1.82) is 10.5 Å². The number of rotatable bonds is 5. The van der Waals surface area contributed by atoms with Crippen LogP contribution in [0.25, 0.3) is 0 Å². The number of carbonyl (C=O) groups excluding carboxylic acids is 2. The molecule has 28 heavy (non-hydrogen) atoms. The number of thiophene rings is 2. The van der Waals surface area contributed by atoms with Crippen molar-refractivity contribution in [2.24, 2.45) is 0 Å². The summed E-state index contributed by atoms with van der Waals surface area (Å²) in [4.78, 5) is 23.7. The summed E-state index contributed by atoms with van der Waals surface area (Å²) in [5, 5.41) is 21.6. The van der Waals surface area contributed by atoms with Crippen LogP contribution in [0.2, 0.25) is 0 Å². The van der Waals surface area contributed by atoms with E-state index in [1.807, 2.05) is 6.07 Å². The molecule has 2 aromatic rings. The van der Waals surface area contributed by atoms with Crippen molar-refractivity contribution in [2.75, 3.05) is 31.5 Å². The van der Waals surface area contributed by atoms with Gasteiger partial charge in [-0.15, -0.1) is 22.7 Å². The molecule has 2 aromatic heterocycles. The lowest BCUT2D eigenvalue weighted by Crippen LogP contribution is -2.03. The van der Waals surface area contributed by atoms with Gasteiger partial charge in [0.05, 0.1) is 25.6 Å². The Hall–Kier alpha value is -3.13. The molecule has 0 aliphatic carbocycles. The molecule has 0 amide bonds. The number of hydrogen-bond acceptors (Lipinski definition) is 12. The fraction of sp³-hybridized carbons (Fsp3) is 0.200. The Bertz CT molecular complexity index is 1160. The Morgan fingerprint density at radius 2 is 1.57 bits per heavy atom. The highest BCUT2D eigenvalue weighted by Crippen LogP contribution is 2.42. The second kappa shape index (κ2) is 7.85. The van der Waals surface area contributed by atoms with Gasteiger partial charge in [-0.2, -0.15) is 10.5 Å². The van der Waals surface area contributed by atoms with Crippen LogP contribution in [0.3, 0.4) is 0 Å². The van der Waals surface area contributed by atoms with Crippen molar-refractivity contribution in [2.45, 2.75) is 4.21 Å². The predicted molar refractivity (Wildman–Crippen MR) is 102 cm³/mol. The summed E-state index contributed by atoms with van der Waals surface area (Å²) in [7, 11) is -1.60. The average molecular weight is 440 g/mol. The van der Waals surface area contributed by atoms with E-state index in [4.69, 9.17) is 5.73 Å². The summed E-state index contributed by atoms with van der Waals surface area (Å²) >= 11 is 1.32. The standard InChI is InChI=1S/C15H12N4O6S3/c1-24-13(20)10-8(18)6(4-16)12(26-10)19-9-7(5-17)15(28(3,22)23)27-11(9)14(21)25-2/h19H,18H2,1-3H3. The number of esters is 2. The first-order valence-corrected chi connectivity index (χ1v) is 10.7. The number of nitriles is 2. The number of nitrogens with two attached hydrogens (primary N) is 1. The molecule has 0 aliphatic heterocycles. The van der Waals surface area contributed by atoms with E-state index < -0.39 is 21.8 Å². The van der Waals surface area contributed by atoms with Gasteiger partial charge < -0.3 is 20.5 Å². The van der Waals surface area contributed by atoms with Crippen molar-refractivity contribution in [3.05, 3.63) is 20.9 Å². The molecule has 10 nitrogen and oxygen atoms in total. The largest absolute Gasteiger partial charge is 0.465 e. The minimum atomic E-state index is -3.83. The Labute approximate surface area is 167 Å². The number of anilines is 3. The first-order valence-electron chi connectivity index (χ1n) is 7.13. The van der Waals surface area contributed by atoms with Crippen LogP contribution in [0, 0.1) is 22.7 Å². The molecule has 0 atom stereocenters. The van der Waals surface area contributed by atoms with Crippen LogP contribution in [0.15, 0.2) is 4.21 Å². The van der Waals surface area contributed by atoms with Crippen LogP contribution >= 0.6 is 22.7 Å². The third kappa shape index (κ3) is 3.63. The molecule has 2 rings (SSSR count).